The standard InChI is InChI=1S/C40H38ClN3O4S/c41-33-22-23-36-35(26-33)34(16-9-10-28-18-20-31(21-19-28)40(45)46)37(24-25-43-49(47,48)38-17-8-7-15-32(38)27-42)44(36)39(29-11-3-1-4-12-29)30-13-5-2-6-14-30/h1-8,11-15,17-23,26,39,43H,9-10,16,24-25,27,42H2,(H,45,46). The normalized spacial score (nSPS) is 11.7. The van der Waals surface area contributed by atoms with Crippen LogP contribution in [0.1, 0.15) is 56.3 Å². The van der Waals surface area contributed by atoms with Crippen molar-refractivity contribution < 1.29 is 18.3 Å². The summed E-state index contributed by atoms with van der Waals surface area (Å²) in [5.41, 5.74) is 13.1. The minimum absolute atomic E-state index is 0.116. The van der Waals surface area contributed by atoms with E-state index in [0.29, 0.717) is 23.4 Å². The maximum Gasteiger partial charge on any atom is 0.335 e. The first-order chi connectivity index (χ1) is 23.8. The van der Waals surface area contributed by atoms with E-state index in [1.807, 2.05) is 60.7 Å². The van der Waals surface area contributed by atoms with Crippen molar-refractivity contribution in [1.29, 1.82) is 0 Å². The number of carboxylic acids is 1. The Kier molecular flexibility index (Phi) is 10.6. The Morgan fingerprint density at radius 1 is 0.796 bits per heavy atom. The number of carbonyl (C=O) groups is 1. The highest BCUT2D eigenvalue weighted by molar-refractivity contribution is 7.89. The van der Waals surface area contributed by atoms with Crippen molar-refractivity contribution in [2.45, 2.75) is 43.2 Å². The molecule has 0 fully saturated rings. The number of halogens is 1. The van der Waals surface area contributed by atoms with Gasteiger partial charge in [-0.2, -0.15) is 0 Å². The molecular weight excluding hydrogens is 654 g/mol. The Balaban J connectivity index is 1.43. The van der Waals surface area contributed by atoms with Crippen molar-refractivity contribution in [3.63, 3.8) is 0 Å². The number of aromatic nitrogens is 1. The summed E-state index contributed by atoms with van der Waals surface area (Å²) in [6, 6.07) is 40.2. The van der Waals surface area contributed by atoms with Gasteiger partial charge in [0.1, 0.15) is 0 Å². The number of nitrogens with zero attached hydrogens (tertiary/aromatic N) is 1. The number of sulfonamides is 1. The average Bonchev–Trinajstić information content (AvgIpc) is 3.40. The van der Waals surface area contributed by atoms with E-state index in [0.717, 1.165) is 51.7 Å². The van der Waals surface area contributed by atoms with Crippen LogP contribution in [0.25, 0.3) is 10.9 Å². The molecule has 5 aromatic carbocycles. The van der Waals surface area contributed by atoms with E-state index < -0.39 is 16.0 Å². The van der Waals surface area contributed by atoms with Crippen LogP contribution in [-0.2, 0) is 35.8 Å². The van der Waals surface area contributed by atoms with Gasteiger partial charge in [0.25, 0.3) is 0 Å². The summed E-state index contributed by atoms with van der Waals surface area (Å²) in [6.45, 7) is 0.288. The Bertz CT molecular complexity index is 2130. The first kappa shape index (κ1) is 34.1. The summed E-state index contributed by atoms with van der Waals surface area (Å²) < 4.78 is 32.3. The first-order valence-electron chi connectivity index (χ1n) is 16.3. The van der Waals surface area contributed by atoms with E-state index in [9.17, 15) is 18.3 Å². The number of fused-ring (bicyclic) bond motifs is 1. The van der Waals surface area contributed by atoms with Crippen LogP contribution in [0.2, 0.25) is 5.02 Å². The molecule has 0 saturated heterocycles. The first-order valence-corrected chi connectivity index (χ1v) is 18.1. The van der Waals surface area contributed by atoms with Gasteiger partial charge in [0.05, 0.1) is 16.5 Å². The number of hydrogen-bond donors (Lipinski definition) is 3. The number of nitrogens with one attached hydrogen (secondary N) is 1. The Morgan fingerprint density at radius 3 is 2.06 bits per heavy atom. The fourth-order valence-electron chi connectivity index (χ4n) is 6.61. The third kappa shape index (κ3) is 7.63. The maximum atomic E-state index is 13.5. The lowest BCUT2D eigenvalue weighted by Gasteiger charge is -2.25. The molecule has 4 N–H and O–H groups in total. The van der Waals surface area contributed by atoms with Gasteiger partial charge in [0.15, 0.2) is 0 Å². The molecule has 1 heterocycles. The van der Waals surface area contributed by atoms with E-state index in [-0.39, 0.29) is 29.6 Å². The van der Waals surface area contributed by atoms with Gasteiger partial charge >= 0.3 is 5.97 Å². The monoisotopic (exact) mass is 691 g/mol. The fraction of sp³-hybridized carbons (Fsp3) is 0.175. The quantitative estimate of drug-likeness (QED) is 0.108. The third-order valence-electron chi connectivity index (χ3n) is 8.90. The average molecular weight is 692 g/mol. The van der Waals surface area contributed by atoms with Crippen molar-refractivity contribution in [2.24, 2.45) is 5.73 Å². The number of hydrogen-bond acceptors (Lipinski definition) is 4. The Labute approximate surface area is 292 Å². The summed E-state index contributed by atoms with van der Waals surface area (Å²) >= 11 is 6.64. The predicted octanol–water partition coefficient (Wildman–Crippen LogP) is 7.79. The number of nitrogens with two attached hydrogens (primary N) is 1. The molecule has 6 aromatic rings. The lowest BCUT2D eigenvalue weighted by Crippen LogP contribution is -2.28. The molecule has 6 rings (SSSR count). The molecule has 0 amide bonds. The van der Waals surface area contributed by atoms with Crippen LogP contribution >= 0.6 is 11.6 Å². The lowest BCUT2D eigenvalue weighted by molar-refractivity contribution is 0.0697. The second-order valence-corrected chi connectivity index (χ2v) is 14.2. The third-order valence-corrected chi connectivity index (χ3v) is 10.7. The molecule has 0 aliphatic rings. The van der Waals surface area contributed by atoms with Crippen LogP contribution in [-0.4, -0.2) is 30.6 Å². The van der Waals surface area contributed by atoms with E-state index in [1.54, 1.807) is 36.4 Å². The molecule has 0 radical (unpaired) electrons. The number of aromatic carboxylic acids is 1. The minimum Gasteiger partial charge on any atom is -0.478 e. The van der Waals surface area contributed by atoms with Crippen molar-refractivity contribution in [3.8, 4) is 0 Å². The van der Waals surface area contributed by atoms with Gasteiger partial charge in [-0.1, -0.05) is 103 Å². The highest BCUT2D eigenvalue weighted by Crippen LogP contribution is 2.38. The van der Waals surface area contributed by atoms with Crippen LogP contribution in [0.3, 0.4) is 0 Å². The van der Waals surface area contributed by atoms with Crippen molar-refractivity contribution in [1.82, 2.24) is 9.29 Å². The molecule has 0 saturated carbocycles. The van der Waals surface area contributed by atoms with Crippen LogP contribution in [0.5, 0.6) is 0 Å². The van der Waals surface area contributed by atoms with E-state index >= 15 is 0 Å². The summed E-state index contributed by atoms with van der Waals surface area (Å²) in [7, 11) is -3.83. The molecule has 0 aliphatic heterocycles. The second kappa shape index (κ2) is 15.2. The van der Waals surface area contributed by atoms with E-state index in [1.165, 1.54) is 0 Å². The second-order valence-electron chi connectivity index (χ2n) is 12.0. The van der Waals surface area contributed by atoms with Gasteiger partial charge in [-0.25, -0.2) is 17.9 Å². The van der Waals surface area contributed by atoms with E-state index in [2.05, 4.69) is 39.6 Å². The molecule has 0 aliphatic carbocycles. The minimum atomic E-state index is -3.83. The van der Waals surface area contributed by atoms with E-state index in [4.69, 9.17) is 17.3 Å². The number of rotatable bonds is 14. The molecule has 0 bridgehead atoms. The topological polar surface area (TPSA) is 114 Å². The molecule has 0 unspecified atom stereocenters. The Hall–Kier alpha value is -4.73. The van der Waals surface area contributed by atoms with Crippen LogP contribution in [0.4, 0.5) is 0 Å². The van der Waals surface area contributed by atoms with Gasteiger partial charge in [0, 0.05) is 41.1 Å². The lowest BCUT2D eigenvalue weighted by atomic mass is 9.97. The van der Waals surface area contributed by atoms with Crippen LogP contribution < -0.4 is 10.5 Å². The molecule has 9 heteroatoms. The Morgan fingerprint density at radius 2 is 1.43 bits per heavy atom. The maximum absolute atomic E-state index is 13.5. The van der Waals surface area contributed by atoms with Gasteiger partial charge in [-0.3, -0.25) is 0 Å². The summed E-state index contributed by atoms with van der Waals surface area (Å²) in [6.07, 6.45) is 2.67. The largest absolute Gasteiger partial charge is 0.478 e. The number of carboxylic acid groups (broad SMARTS) is 1. The molecule has 1 aromatic heterocycles. The van der Waals surface area contributed by atoms with Crippen molar-refractivity contribution in [3.05, 3.63) is 171 Å². The summed E-state index contributed by atoms with van der Waals surface area (Å²) in [5.74, 6) is -0.950. The molecule has 250 valence electrons. The predicted molar refractivity (Wildman–Crippen MR) is 196 cm³/mol. The molecule has 49 heavy (non-hydrogen) atoms. The molecule has 0 spiro atoms. The fourth-order valence-corrected chi connectivity index (χ4v) is 8.06. The van der Waals surface area contributed by atoms with Crippen LogP contribution in [0.15, 0.2) is 132 Å². The van der Waals surface area contributed by atoms with Crippen LogP contribution in [0, 0.1) is 0 Å². The molecular formula is C40H38ClN3O4S. The zero-order valence-corrected chi connectivity index (χ0v) is 28.5. The zero-order chi connectivity index (χ0) is 34.4. The van der Waals surface area contributed by atoms with Gasteiger partial charge in [-0.15, -0.1) is 0 Å². The number of aryl methyl sites for hydroxylation is 2. The summed E-state index contributed by atoms with van der Waals surface area (Å²) in [4.78, 5) is 11.5. The number of benzene rings is 5. The van der Waals surface area contributed by atoms with Gasteiger partial charge in [-0.05, 0) is 83.5 Å². The molecule has 0 atom stereocenters. The van der Waals surface area contributed by atoms with Crippen molar-refractivity contribution >= 4 is 38.5 Å². The highest BCUT2D eigenvalue weighted by Gasteiger charge is 2.26. The highest BCUT2D eigenvalue weighted by atomic mass is 35.5. The zero-order valence-electron chi connectivity index (χ0n) is 26.9. The smallest absolute Gasteiger partial charge is 0.335 e. The summed E-state index contributed by atoms with van der Waals surface area (Å²) in [5, 5.41) is 11.0. The SMILES string of the molecule is NCc1ccccc1S(=O)(=O)NCCc1c(CCCc2ccc(C(=O)O)cc2)c2cc(Cl)ccc2n1C(c1ccccc1)c1ccccc1. The van der Waals surface area contributed by atoms with Gasteiger partial charge < -0.3 is 15.4 Å². The van der Waals surface area contributed by atoms with Crippen molar-refractivity contribution in [2.75, 3.05) is 6.54 Å². The molecule has 7 nitrogen and oxygen atoms in total. The van der Waals surface area contributed by atoms with Gasteiger partial charge in [0.2, 0.25) is 10.0 Å².